The SMILES string of the molecule is CCn1cc(CN(CCC[NH+](CC)CC)C(=S)Nc2cc(F)cc(F)c2)c2ccccc21. The minimum Gasteiger partial charge on any atom is -0.347 e. The molecule has 172 valence electrons. The number of halogens is 2. The first-order valence-electron chi connectivity index (χ1n) is 11.4. The van der Waals surface area contributed by atoms with E-state index in [0.717, 1.165) is 45.2 Å². The largest absolute Gasteiger partial charge is 0.347 e. The van der Waals surface area contributed by atoms with Crippen LogP contribution in [0.25, 0.3) is 10.9 Å². The Morgan fingerprint density at radius 1 is 1.06 bits per heavy atom. The highest BCUT2D eigenvalue weighted by Crippen LogP contribution is 2.23. The first-order chi connectivity index (χ1) is 15.4. The molecule has 0 fully saturated rings. The van der Waals surface area contributed by atoms with Gasteiger partial charge in [0.25, 0.3) is 0 Å². The Labute approximate surface area is 194 Å². The van der Waals surface area contributed by atoms with Gasteiger partial charge in [0.1, 0.15) is 11.6 Å². The molecule has 0 aliphatic carbocycles. The topological polar surface area (TPSA) is 24.6 Å². The number of aryl methyl sites for hydroxylation is 1. The van der Waals surface area contributed by atoms with Crippen LogP contribution < -0.4 is 10.2 Å². The van der Waals surface area contributed by atoms with Gasteiger partial charge in [-0.25, -0.2) is 8.78 Å². The van der Waals surface area contributed by atoms with Gasteiger partial charge in [0.15, 0.2) is 5.11 Å². The summed E-state index contributed by atoms with van der Waals surface area (Å²) >= 11 is 5.69. The Hall–Kier alpha value is -2.51. The van der Waals surface area contributed by atoms with Crippen LogP contribution in [0.4, 0.5) is 14.5 Å². The van der Waals surface area contributed by atoms with Crippen molar-refractivity contribution >= 4 is 33.9 Å². The Bertz CT molecular complexity index is 1030. The first kappa shape index (κ1) is 24.1. The van der Waals surface area contributed by atoms with E-state index in [0.29, 0.717) is 17.3 Å². The Morgan fingerprint density at radius 3 is 2.41 bits per heavy atom. The summed E-state index contributed by atoms with van der Waals surface area (Å²) in [6, 6.07) is 11.7. The lowest BCUT2D eigenvalue weighted by Gasteiger charge is -2.27. The maximum absolute atomic E-state index is 13.7. The fraction of sp³-hybridized carbons (Fsp3) is 0.400. The van der Waals surface area contributed by atoms with Crippen LogP contribution in [-0.2, 0) is 13.1 Å². The number of hydrogen-bond donors (Lipinski definition) is 2. The number of nitrogens with one attached hydrogen (secondary N) is 2. The highest BCUT2D eigenvalue weighted by molar-refractivity contribution is 7.80. The summed E-state index contributed by atoms with van der Waals surface area (Å²) in [6.45, 7) is 12.0. The number of anilines is 1. The van der Waals surface area contributed by atoms with Crippen LogP contribution in [0.1, 0.15) is 32.8 Å². The molecule has 0 amide bonds. The molecule has 1 heterocycles. The number of benzene rings is 2. The van der Waals surface area contributed by atoms with E-state index in [9.17, 15) is 8.78 Å². The number of rotatable bonds is 10. The minimum atomic E-state index is -0.627. The Kier molecular flexibility index (Phi) is 8.59. The molecule has 3 rings (SSSR count). The number of aromatic nitrogens is 1. The van der Waals surface area contributed by atoms with Gasteiger partial charge in [0.2, 0.25) is 0 Å². The van der Waals surface area contributed by atoms with Gasteiger partial charge in [-0.15, -0.1) is 0 Å². The molecule has 1 aromatic heterocycles. The van der Waals surface area contributed by atoms with Gasteiger partial charge < -0.3 is 19.7 Å². The van der Waals surface area contributed by atoms with E-state index in [1.165, 1.54) is 28.6 Å². The molecule has 0 aliphatic rings. The molecule has 0 radical (unpaired) electrons. The molecule has 2 N–H and O–H groups in total. The number of thiocarbonyl (C=S) groups is 1. The van der Waals surface area contributed by atoms with Crippen LogP contribution in [0.3, 0.4) is 0 Å². The molecule has 7 heteroatoms. The first-order valence-corrected chi connectivity index (χ1v) is 11.8. The normalized spacial score (nSPS) is 11.3. The van der Waals surface area contributed by atoms with Crippen LogP contribution in [-0.4, -0.2) is 40.8 Å². The van der Waals surface area contributed by atoms with Crippen molar-refractivity contribution in [1.82, 2.24) is 9.47 Å². The summed E-state index contributed by atoms with van der Waals surface area (Å²) in [5.74, 6) is -1.25. The van der Waals surface area contributed by atoms with Gasteiger partial charge in [-0.1, -0.05) is 18.2 Å². The van der Waals surface area contributed by atoms with Gasteiger partial charge in [0.05, 0.1) is 19.6 Å². The maximum Gasteiger partial charge on any atom is 0.173 e. The van der Waals surface area contributed by atoms with Crippen molar-refractivity contribution in [3.8, 4) is 0 Å². The predicted molar refractivity (Wildman–Crippen MR) is 132 cm³/mol. The molecule has 0 spiro atoms. The molecule has 0 aliphatic heterocycles. The smallest absolute Gasteiger partial charge is 0.173 e. The lowest BCUT2D eigenvalue weighted by atomic mass is 10.1. The van der Waals surface area contributed by atoms with E-state index >= 15 is 0 Å². The number of fused-ring (bicyclic) bond motifs is 1. The maximum atomic E-state index is 13.7. The summed E-state index contributed by atoms with van der Waals surface area (Å²) < 4.78 is 29.6. The standard InChI is InChI=1S/C25H32F2N4S/c1-4-29(5-2)12-9-13-31(25(32)28-22-15-20(26)14-21(27)16-22)18-19-17-30(6-3)24-11-8-7-10-23(19)24/h7-8,10-11,14-17H,4-6,9,12-13,18H2,1-3H3,(H,28,32)/p+1. The van der Waals surface area contributed by atoms with Crippen molar-refractivity contribution in [3.05, 3.63) is 65.9 Å². The Balaban J connectivity index is 1.82. The molecule has 2 aromatic carbocycles. The highest BCUT2D eigenvalue weighted by atomic mass is 32.1. The summed E-state index contributed by atoms with van der Waals surface area (Å²) in [6.07, 6.45) is 3.15. The highest BCUT2D eigenvalue weighted by Gasteiger charge is 2.16. The Morgan fingerprint density at radius 2 is 1.75 bits per heavy atom. The molecule has 0 atom stereocenters. The van der Waals surface area contributed by atoms with Gasteiger partial charge in [-0.3, -0.25) is 0 Å². The predicted octanol–water partition coefficient (Wildman–Crippen LogP) is 4.45. The van der Waals surface area contributed by atoms with Gasteiger partial charge in [0, 0.05) is 54.9 Å². The van der Waals surface area contributed by atoms with E-state index in [-0.39, 0.29) is 0 Å². The van der Waals surface area contributed by atoms with E-state index in [1.54, 1.807) is 4.90 Å². The van der Waals surface area contributed by atoms with E-state index in [1.807, 2.05) is 12.1 Å². The molecular weight excluding hydrogens is 426 g/mol. The third-order valence-corrected chi connectivity index (χ3v) is 6.29. The van der Waals surface area contributed by atoms with Gasteiger partial charge in [-0.2, -0.15) is 0 Å². The molecule has 0 saturated carbocycles. The number of nitrogens with zero attached hydrogens (tertiary/aromatic N) is 2. The fourth-order valence-electron chi connectivity index (χ4n) is 4.12. The number of hydrogen-bond acceptors (Lipinski definition) is 1. The average Bonchev–Trinajstić information content (AvgIpc) is 3.13. The quantitative estimate of drug-likeness (QED) is 0.438. The minimum absolute atomic E-state index is 0.322. The van der Waals surface area contributed by atoms with Crippen LogP contribution in [0.5, 0.6) is 0 Å². The summed E-state index contributed by atoms with van der Waals surface area (Å²) in [5.41, 5.74) is 2.71. The number of para-hydroxylation sites is 1. The van der Waals surface area contributed by atoms with E-state index in [4.69, 9.17) is 12.2 Å². The van der Waals surface area contributed by atoms with Crippen molar-refractivity contribution in [2.24, 2.45) is 0 Å². The molecule has 4 nitrogen and oxygen atoms in total. The van der Waals surface area contributed by atoms with Crippen molar-refractivity contribution in [2.45, 2.75) is 40.3 Å². The zero-order chi connectivity index (χ0) is 23.1. The monoisotopic (exact) mass is 459 g/mol. The average molecular weight is 460 g/mol. The number of quaternary nitrogens is 1. The van der Waals surface area contributed by atoms with Crippen molar-refractivity contribution < 1.29 is 13.7 Å². The van der Waals surface area contributed by atoms with Crippen LogP contribution >= 0.6 is 12.2 Å². The second kappa shape index (κ2) is 11.4. The molecule has 3 aromatic rings. The van der Waals surface area contributed by atoms with Crippen LogP contribution in [0.15, 0.2) is 48.7 Å². The summed E-state index contributed by atoms with van der Waals surface area (Å²) in [7, 11) is 0. The van der Waals surface area contributed by atoms with E-state index < -0.39 is 11.6 Å². The zero-order valence-electron chi connectivity index (χ0n) is 19.1. The lowest BCUT2D eigenvalue weighted by molar-refractivity contribution is -0.896. The zero-order valence-corrected chi connectivity index (χ0v) is 19.9. The molecule has 32 heavy (non-hydrogen) atoms. The van der Waals surface area contributed by atoms with Gasteiger partial charge >= 0.3 is 0 Å². The fourth-order valence-corrected chi connectivity index (χ4v) is 4.39. The van der Waals surface area contributed by atoms with Crippen LogP contribution in [0.2, 0.25) is 0 Å². The van der Waals surface area contributed by atoms with E-state index in [2.05, 4.69) is 53.9 Å². The molecular formula is C25H33F2N4S+. The molecule has 0 bridgehead atoms. The third-order valence-electron chi connectivity index (χ3n) is 5.93. The van der Waals surface area contributed by atoms with Gasteiger partial charge in [-0.05, 0) is 56.8 Å². The lowest BCUT2D eigenvalue weighted by Crippen LogP contribution is -3.11. The summed E-state index contributed by atoms with van der Waals surface area (Å²) in [5, 5.41) is 4.72. The van der Waals surface area contributed by atoms with Crippen molar-refractivity contribution in [1.29, 1.82) is 0 Å². The van der Waals surface area contributed by atoms with Crippen molar-refractivity contribution in [3.63, 3.8) is 0 Å². The molecule has 0 saturated heterocycles. The summed E-state index contributed by atoms with van der Waals surface area (Å²) in [4.78, 5) is 3.64. The molecule has 0 unspecified atom stereocenters. The second-order valence-corrected chi connectivity index (χ2v) is 8.41. The van der Waals surface area contributed by atoms with Crippen molar-refractivity contribution in [2.75, 3.05) is 31.5 Å². The van der Waals surface area contributed by atoms with Crippen LogP contribution in [0, 0.1) is 11.6 Å². The third kappa shape index (κ3) is 6.04. The second-order valence-electron chi connectivity index (χ2n) is 8.03.